The van der Waals surface area contributed by atoms with Crippen molar-refractivity contribution in [2.24, 2.45) is 0 Å². The van der Waals surface area contributed by atoms with Crippen LogP contribution in [0.25, 0.3) is 11.0 Å². The molecule has 0 bridgehead atoms. The van der Waals surface area contributed by atoms with Gasteiger partial charge in [-0.3, -0.25) is 4.79 Å². The molecule has 1 aliphatic heterocycles. The van der Waals surface area contributed by atoms with E-state index in [4.69, 9.17) is 9.40 Å². The quantitative estimate of drug-likeness (QED) is 0.191. The Morgan fingerprint density at radius 2 is 1.79 bits per heavy atom. The summed E-state index contributed by atoms with van der Waals surface area (Å²) in [5, 5.41) is 3.67. The number of likely N-dealkylation sites (N-methyl/N-ethyl adjacent to an activating group) is 1. The van der Waals surface area contributed by atoms with E-state index in [2.05, 4.69) is 63.7 Å². The maximum Gasteiger partial charge on any atom is 0.253 e. The standard InChI is InChI=1S/C35H39N5O2/c1-39(34(41)28-11-6-3-7-12-28)24-30(27-9-4-2-5-10-27)15-19-40-20-16-31(17-21-40)36-35-37-32-14-8-13-29(33(32)38-35)23-26-18-22-42-25-26/h2-14,18,22,25,30-31H,15-17,19-21,23-24H2,1H3,(H2,36,37,38). The van der Waals surface area contributed by atoms with Crippen LogP contribution in [0.4, 0.5) is 5.95 Å². The van der Waals surface area contributed by atoms with Gasteiger partial charge in [-0.1, -0.05) is 60.7 Å². The maximum atomic E-state index is 13.0. The van der Waals surface area contributed by atoms with Crippen LogP contribution >= 0.6 is 0 Å². The van der Waals surface area contributed by atoms with E-state index in [0.29, 0.717) is 12.6 Å². The highest BCUT2D eigenvalue weighted by molar-refractivity contribution is 5.94. The molecule has 7 heteroatoms. The van der Waals surface area contributed by atoms with Crippen molar-refractivity contribution in [3.63, 3.8) is 0 Å². The summed E-state index contributed by atoms with van der Waals surface area (Å²) in [6, 6.07) is 28.9. The van der Waals surface area contributed by atoms with Gasteiger partial charge in [0.1, 0.15) is 0 Å². The second kappa shape index (κ2) is 13.1. The number of aromatic amines is 1. The van der Waals surface area contributed by atoms with Crippen LogP contribution in [0.2, 0.25) is 0 Å². The Labute approximate surface area is 247 Å². The molecule has 3 heterocycles. The van der Waals surface area contributed by atoms with Crippen LogP contribution in [0.5, 0.6) is 0 Å². The molecule has 1 saturated heterocycles. The number of carbonyl (C=O) groups is 1. The zero-order chi connectivity index (χ0) is 28.7. The topological polar surface area (TPSA) is 77.4 Å². The number of anilines is 1. The third kappa shape index (κ3) is 6.74. The molecule has 6 rings (SSSR count). The SMILES string of the molecule is CN(CC(CCN1CCC(Nc2nc3c(Cc4ccoc4)cccc3[nH]2)CC1)c1ccccc1)C(=O)c1ccccc1. The van der Waals surface area contributed by atoms with Gasteiger partial charge in [-0.25, -0.2) is 4.98 Å². The molecule has 1 atom stereocenters. The molecule has 2 N–H and O–H groups in total. The van der Waals surface area contributed by atoms with Crippen molar-refractivity contribution < 1.29 is 9.21 Å². The number of hydrogen-bond donors (Lipinski definition) is 2. The Balaban J connectivity index is 1.03. The van der Waals surface area contributed by atoms with E-state index in [0.717, 1.165) is 73.4 Å². The van der Waals surface area contributed by atoms with Gasteiger partial charge < -0.3 is 24.5 Å². The minimum absolute atomic E-state index is 0.0719. The second-order valence-corrected chi connectivity index (χ2v) is 11.4. The number of fused-ring (bicyclic) bond motifs is 1. The van der Waals surface area contributed by atoms with Crippen molar-refractivity contribution >= 4 is 22.9 Å². The highest BCUT2D eigenvalue weighted by Gasteiger charge is 2.23. The van der Waals surface area contributed by atoms with Crippen molar-refractivity contribution in [2.45, 2.75) is 37.6 Å². The van der Waals surface area contributed by atoms with E-state index < -0.39 is 0 Å². The summed E-state index contributed by atoms with van der Waals surface area (Å²) in [6.07, 6.45) is 7.46. The average molecular weight is 562 g/mol. The number of benzene rings is 3. The molecule has 1 fully saturated rings. The Hall–Kier alpha value is -4.36. The summed E-state index contributed by atoms with van der Waals surface area (Å²) in [7, 11) is 1.92. The fraction of sp³-hybridized carbons (Fsp3) is 0.314. The van der Waals surface area contributed by atoms with Crippen LogP contribution in [0.15, 0.2) is 102 Å². The van der Waals surface area contributed by atoms with Crippen molar-refractivity contribution in [3.05, 3.63) is 120 Å². The molecule has 1 amide bonds. The molecular weight excluding hydrogens is 522 g/mol. The zero-order valence-electron chi connectivity index (χ0n) is 24.2. The summed E-state index contributed by atoms with van der Waals surface area (Å²) >= 11 is 0. The fourth-order valence-electron chi connectivity index (χ4n) is 6.05. The average Bonchev–Trinajstić information content (AvgIpc) is 3.70. The van der Waals surface area contributed by atoms with Crippen LogP contribution in [-0.2, 0) is 6.42 Å². The first-order chi connectivity index (χ1) is 20.6. The number of likely N-dealkylation sites (tertiary alicyclic amines) is 1. The maximum absolute atomic E-state index is 13.0. The van der Waals surface area contributed by atoms with E-state index in [9.17, 15) is 4.79 Å². The van der Waals surface area contributed by atoms with Crippen LogP contribution in [-0.4, -0.2) is 64.9 Å². The van der Waals surface area contributed by atoms with Gasteiger partial charge in [0, 0.05) is 50.6 Å². The number of H-pyrrole nitrogens is 1. The molecular formula is C35H39N5O2. The number of hydrogen-bond acceptors (Lipinski definition) is 5. The molecule has 0 aliphatic carbocycles. The molecule has 42 heavy (non-hydrogen) atoms. The summed E-state index contributed by atoms with van der Waals surface area (Å²) in [4.78, 5) is 25.9. The van der Waals surface area contributed by atoms with Gasteiger partial charge in [-0.05, 0) is 66.8 Å². The Morgan fingerprint density at radius 3 is 2.52 bits per heavy atom. The van der Waals surface area contributed by atoms with E-state index in [-0.39, 0.29) is 11.8 Å². The molecule has 2 aromatic heterocycles. The molecule has 1 aliphatic rings. The minimum atomic E-state index is 0.0719. The number of carbonyl (C=O) groups excluding carboxylic acids is 1. The Bertz CT molecular complexity index is 1560. The highest BCUT2D eigenvalue weighted by atomic mass is 16.3. The van der Waals surface area contributed by atoms with Crippen LogP contribution in [0.1, 0.15) is 52.2 Å². The van der Waals surface area contributed by atoms with Gasteiger partial charge in [-0.2, -0.15) is 0 Å². The van der Waals surface area contributed by atoms with Gasteiger partial charge in [0.2, 0.25) is 5.95 Å². The van der Waals surface area contributed by atoms with E-state index in [1.165, 1.54) is 11.1 Å². The van der Waals surface area contributed by atoms with E-state index >= 15 is 0 Å². The third-order valence-corrected chi connectivity index (χ3v) is 8.43. The third-order valence-electron chi connectivity index (χ3n) is 8.43. The Kier molecular flexibility index (Phi) is 8.66. The van der Waals surface area contributed by atoms with Crippen molar-refractivity contribution in [3.8, 4) is 0 Å². The number of rotatable bonds is 11. The van der Waals surface area contributed by atoms with Crippen molar-refractivity contribution in [2.75, 3.05) is 38.5 Å². The van der Waals surface area contributed by atoms with Crippen molar-refractivity contribution in [1.29, 1.82) is 0 Å². The first kappa shape index (κ1) is 27.8. The van der Waals surface area contributed by atoms with Gasteiger partial charge >= 0.3 is 0 Å². The lowest BCUT2D eigenvalue weighted by atomic mass is 9.94. The molecule has 216 valence electrons. The smallest absolute Gasteiger partial charge is 0.253 e. The molecule has 0 spiro atoms. The fourth-order valence-corrected chi connectivity index (χ4v) is 6.05. The predicted molar refractivity (Wildman–Crippen MR) is 168 cm³/mol. The Morgan fingerprint density at radius 1 is 1.02 bits per heavy atom. The van der Waals surface area contributed by atoms with Gasteiger partial charge in [0.25, 0.3) is 5.91 Å². The molecule has 0 radical (unpaired) electrons. The minimum Gasteiger partial charge on any atom is -0.472 e. The molecule has 7 nitrogen and oxygen atoms in total. The monoisotopic (exact) mass is 561 g/mol. The summed E-state index contributed by atoms with van der Waals surface area (Å²) in [5.74, 6) is 1.20. The van der Waals surface area contributed by atoms with E-state index in [1.54, 1.807) is 12.5 Å². The van der Waals surface area contributed by atoms with Crippen molar-refractivity contribution in [1.82, 2.24) is 19.8 Å². The summed E-state index contributed by atoms with van der Waals surface area (Å²) in [6.45, 7) is 3.81. The molecule has 3 aromatic carbocycles. The number of imidazole rings is 1. The van der Waals surface area contributed by atoms with Crippen LogP contribution < -0.4 is 5.32 Å². The normalized spacial score (nSPS) is 15.1. The van der Waals surface area contributed by atoms with Gasteiger partial charge in [-0.15, -0.1) is 0 Å². The van der Waals surface area contributed by atoms with Crippen LogP contribution in [0.3, 0.4) is 0 Å². The lowest BCUT2D eigenvalue weighted by molar-refractivity contribution is 0.0782. The number of nitrogens with zero attached hydrogens (tertiary/aromatic N) is 3. The number of aromatic nitrogens is 2. The molecule has 1 unspecified atom stereocenters. The molecule has 0 saturated carbocycles. The predicted octanol–water partition coefficient (Wildman–Crippen LogP) is 6.57. The van der Waals surface area contributed by atoms with Gasteiger partial charge in [0.05, 0.1) is 23.6 Å². The number of furan rings is 1. The second-order valence-electron chi connectivity index (χ2n) is 11.4. The first-order valence-corrected chi connectivity index (χ1v) is 15.0. The first-order valence-electron chi connectivity index (χ1n) is 15.0. The van der Waals surface area contributed by atoms with E-state index in [1.807, 2.05) is 48.3 Å². The number of amides is 1. The van der Waals surface area contributed by atoms with Gasteiger partial charge in [0.15, 0.2) is 0 Å². The lowest BCUT2D eigenvalue weighted by Gasteiger charge is -2.33. The number of piperidine rings is 1. The highest BCUT2D eigenvalue weighted by Crippen LogP contribution is 2.25. The zero-order valence-corrected chi connectivity index (χ0v) is 24.2. The summed E-state index contributed by atoms with van der Waals surface area (Å²) in [5.41, 5.74) is 6.44. The lowest BCUT2D eigenvalue weighted by Crippen LogP contribution is -2.40. The summed E-state index contributed by atoms with van der Waals surface area (Å²) < 4.78 is 5.25. The van der Waals surface area contributed by atoms with Crippen LogP contribution in [0, 0.1) is 0 Å². The number of para-hydroxylation sites is 1. The molecule has 5 aromatic rings. The number of nitrogens with one attached hydrogen (secondary N) is 2. The largest absolute Gasteiger partial charge is 0.472 e.